The summed E-state index contributed by atoms with van der Waals surface area (Å²) in [5.41, 5.74) is 0. The molecular formula is C7H14NO2. The summed E-state index contributed by atoms with van der Waals surface area (Å²) < 4.78 is 0. The van der Waals surface area contributed by atoms with Gasteiger partial charge >= 0.3 is 0 Å². The van der Waals surface area contributed by atoms with Crippen LogP contribution in [0.5, 0.6) is 0 Å². The van der Waals surface area contributed by atoms with Gasteiger partial charge in [-0.15, -0.1) is 0 Å². The predicted octanol–water partition coefficient (Wildman–Crippen LogP) is -0.754. The van der Waals surface area contributed by atoms with Gasteiger partial charge in [0.2, 0.25) is 0 Å². The molecule has 0 saturated carbocycles. The van der Waals surface area contributed by atoms with E-state index in [1.54, 1.807) is 0 Å². The fourth-order valence-corrected chi connectivity index (χ4v) is 1.19. The molecule has 0 unspecified atom stereocenters. The van der Waals surface area contributed by atoms with Crippen LogP contribution in [-0.2, 0) is 0 Å². The van der Waals surface area contributed by atoms with Gasteiger partial charge in [-0.25, -0.2) is 0 Å². The van der Waals surface area contributed by atoms with Crippen LogP contribution >= 0.6 is 0 Å². The highest BCUT2D eigenvalue weighted by Gasteiger charge is 2.30. The molecule has 1 fully saturated rings. The summed E-state index contributed by atoms with van der Waals surface area (Å²) in [6, 6.07) is -0.163. The van der Waals surface area contributed by atoms with Crippen molar-refractivity contribution in [2.75, 3.05) is 13.6 Å². The number of nitrogens with zero attached hydrogens (tertiary/aromatic N) is 1. The average molecular weight is 144 g/mol. The molecule has 1 aliphatic heterocycles. The van der Waals surface area contributed by atoms with Crippen LogP contribution in [0, 0.1) is 6.92 Å². The van der Waals surface area contributed by atoms with Crippen molar-refractivity contribution >= 4 is 0 Å². The van der Waals surface area contributed by atoms with Gasteiger partial charge in [0.25, 0.3) is 0 Å². The molecule has 59 valence electrons. The Morgan fingerprint density at radius 3 is 2.60 bits per heavy atom. The molecule has 1 radical (unpaired) electrons. The lowest BCUT2D eigenvalue weighted by Gasteiger charge is -2.36. The number of aliphatic hydroxyl groups excluding tert-OH is 2. The van der Waals surface area contributed by atoms with Gasteiger partial charge in [-0.3, -0.25) is 0 Å². The van der Waals surface area contributed by atoms with Crippen LogP contribution in [0.25, 0.3) is 0 Å². The van der Waals surface area contributed by atoms with Crippen LogP contribution < -0.4 is 0 Å². The quantitative estimate of drug-likeness (QED) is 0.470. The number of likely N-dealkylation sites (tertiary alicyclic amines) is 1. The Balaban J connectivity index is 2.52. The van der Waals surface area contributed by atoms with Crippen molar-refractivity contribution in [3.8, 4) is 0 Å². The Hall–Kier alpha value is -0.120. The largest absolute Gasteiger partial charge is 0.390 e. The Bertz CT molecular complexity index is 104. The molecule has 1 rings (SSSR count). The molecule has 2 N–H and O–H groups in total. The lowest BCUT2D eigenvalue weighted by Crippen LogP contribution is -2.51. The highest BCUT2D eigenvalue weighted by molar-refractivity contribution is 4.89. The highest BCUT2D eigenvalue weighted by Crippen LogP contribution is 2.15. The maximum Gasteiger partial charge on any atom is 0.0954 e. The topological polar surface area (TPSA) is 43.7 Å². The number of aliphatic hydroxyl groups is 2. The van der Waals surface area contributed by atoms with Crippen molar-refractivity contribution in [3.63, 3.8) is 0 Å². The van der Waals surface area contributed by atoms with Gasteiger partial charge < -0.3 is 15.1 Å². The average Bonchev–Trinajstić information content (AvgIpc) is 1.93. The number of hydrogen-bond donors (Lipinski definition) is 2. The van der Waals surface area contributed by atoms with E-state index in [-0.39, 0.29) is 6.04 Å². The minimum absolute atomic E-state index is 0.163. The Morgan fingerprint density at radius 2 is 2.10 bits per heavy atom. The molecule has 1 aliphatic rings. The molecule has 1 saturated heterocycles. The number of rotatable bonds is 0. The van der Waals surface area contributed by atoms with E-state index in [2.05, 4.69) is 6.92 Å². The summed E-state index contributed by atoms with van der Waals surface area (Å²) in [7, 11) is 1.90. The second-order valence-electron chi connectivity index (χ2n) is 2.89. The summed E-state index contributed by atoms with van der Waals surface area (Å²) >= 11 is 0. The van der Waals surface area contributed by atoms with E-state index in [1.165, 1.54) is 0 Å². The van der Waals surface area contributed by atoms with Crippen LogP contribution in [0.15, 0.2) is 0 Å². The molecule has 3 atom stereocenters. The lowest BCUT2D eigenvalue weighted by atomic mass is 9.98. The monoisotopic (exact) mass is 144 g/mol. The first kappa shape index (κ1) is 7.98. The maximum absolute atomic E-state index is 9.26. The van der Waals surface area contributed by atoms with Crippen molar-refractivity contribution in [2.24, 2.45) is 0 Å². The Labute approximate surface area is 61.3 Å². The smallest absolute Gasteiger partial charge is 0.0954 e. The van der Waals surface area contributed by atoms with E-state index < -0.39 is 12.2 Å². The molecule has 0 aromatic carbocycles. The van der Waals surface area contributed by atoms with Crippen molar-refractivity contribution in [1.82, 2.24) is 4.90 Å². The molecule has 0 aliphatic carbocycles. The first-order valence-electron chi connectivity index (χ1n) is 3.52. The minimum Gasteiger partial charge on any atom is -0.390 e. The zero-order valence-corrected chi connectivity index (χ0v) is 6.20. The standard InChI is InChI=1S/C7H14NO2/c1-5-7(10)6(9)3-4-8(5)2/h5-7,9-10H,1,3-4H2,2H3/t5-,6-,7-/m1/s1. The lowest BCUT2D eigenvalue weighted by molar-refractivity contribution is -0.0551. The summed E-state index contributed by atoms with van der Waals surface area (Å²) in [4.78, 5) is 1.94. The zero-order chi connectivity index (χ0) is 7.72. The first-order valence-corrected chi connectivity index (χ1v) is 3.52. The van der Waals surface area contributed by atoms with Crippen molar-refractivity contribution < 1.29 is 10.2 Å². The van der Waals surface area contributed by atoms with Gasteiger partial charge in [0.05, 0.1) is 12.2 Å². The third-order valence-corrected chi connectivity index (χ3v) is 2.13. The second-order valence-corrected chi connectivity index (χ2v) is 2.89. The molecule has 10 heavy (non-hydrogen) atoms. The van der Waals surface area contributed by atoms with Crippen LogP contribution in [0.1, 0.15) is 6.42 Å². The second kappa shape index (κ2) is 2.86. The minimum atomic E-state index is -0.682. The van der Waals surface area contributed by atoms with Crippen molar-refractivity contribution in [1.29, 1.82) is 0 Å². The molecule has 3 heteroatoms. The molecule has 3 nitrogen and oxygen atoms in total. The van der Waals surface area contributed by atoms with Crippen LogP contribution in [0.3, 0.4) is 0 Å². The van der Waals surface area contributed by atoms with Gasteiger partial charge in [-0.1, -0.05) is 0 Å². The van der Waals surface area contributed by atoms with Crippen LogP contribution in [-0.4, -0.2) is 47.0 Å². The van der Waals surface area contributed by atoms with Crippen LogP contribution in [0.4, 0.5) is 0 Å². The fraction of sp³-hybridized carbons (Fsp3) is 0.857. The summed E-state index contributed by atoms with van der Waals surface area (Å²) in [6.07, 6.45) is -0.624. The summed E-state index contributed by atoms with van der Waals surface area (Å²) in [5, 5.41) is 18.4. The van der Waals surface area contributed by atoms with Gasteiger partial charge in [-0.05, 0) is 20.4 Å². The number of piperidine rings is 1. The normalized spacial score (nSPS) is 43.8. The van der Waals surface area contributed by atoms with Gasteiger partial charge in [0.15, 0.2) is 0 Å². The van der Waals surface area contributed by atoms with E-state index in [0.717, 1.165) is 6.54 Å². The van der Waals surface area contributed by atoms with E-state index in [4.69, 9.17) is 5.11 Å². The maximum atomic E-state index is 9.26. The molecule has 1 heterocycles. The van der Waals surface area contributed by atoms with Gasteiger partial charge in [0.1, 0.15) is 0 Å². The van der Waals surface area contributed by atoms with Gasteiger partial charge in [0, 0.05) is 12.6 Å². The summed E-state index contributed by atoms with van der Waals surface area (Å²) in [5.74, 6) is 0. The molecule has 0 aromatic heterocycles. The third-order valence-electron chi connectivity index (χ3n) is 2.13. The predicted molar refractivity (Wildman–Crippen MR) is 38.4 cm³/mol. The van der Waals surface area contributed by atoms with Crippen molar-refractivity contribution in [3.05, 3.63) is 6.92 Å². The van der Waals surface area contributed by atoms with Gasteiger partial charge in [-0.2, -0.15) is 0 Å². The Kier molecular flexibility index (Phi) is 2.28. The Morgan fingerprint density at radius 1 is 1.50 bits per heavy atom. The third kappa shape index (κ3) is 1.31. The van der Waals surface area contributed by atoms with Crippen molar-refractivity contribution in [2.45, 2.75) is 24.7 Å². The molecule has 0 bridgehead atoms. The summed E-state index contributed by atoms with van der Waals surface area (Å²) in [6.45, 7) is 4.54. The zero-order valence-electron chi connectivity index (χ0n) is 6.20. The van der Waals surface area contributed by atoms with E-state index in [1.807, 2.05) is 11.9 Å². The first-order chi connectivity index (χ1) is 4.63. The fourth-order valence-electron chi connectivity index (χ4n) is 1.19. The SMILES string of the molecule is [CH2][C@@H]1[C@@H](O)[C@H](O)CCN1C. The number of likely N-dealkylation sites (N-methyl/N-ethyl adjacent to an activating group) is 1. The van der Waals surface area contributed by atoms with E-state index >= 15 is 0 Å². The van der Waals surface area contributed by atoms with E-state index in [9.17, 15) is 5.11 Å². The van der Waals surface area contributed by atoms with E-state index in [0.29, 0.717) is 6.42 Å². The van der Waals surface area contributed by atoms with Crippen LogP contribution in [0.2, 0.25) is 0 Å². The number of hydrogen-bond acceptors (Lipinski definition) is 3. The molecule has 0 spiro atoms. The molecule has 0 aromatic rings. The molecular weight excluding hydrogens is 130 g/mol. The molecule has 0 amide bonds. The highest BCUT2D eigenvalue weighted by atomic mass is 16.3.